The molecule has 0 amide bonds. The second-order valence-electron chi connectivity index (χ2n) is 2.45. The Kier molecular flexibility index (Phi) is 4.94. The van der Waals surface area contributed by atoms with Crippen LogP contribution in [0, 0.1) is 10.1 Å². The SMILES string of the molecule is C=C(C)c1nonc1C(=C)[N+](=O)[O-].CC. The summed E-state index contributed by atoms with van der Waals surface area (Å²) in [5, 5.41) is 17.2. The second kappa shape index (κ2) is 5.69. The number of rotatable bonds is 3. The van der Waals surface area contributed by atoms with Gasteiger partial charge < -0.3 is 0 Å². The molecule has 0 aliphatic rings. The topological polar surface area (TPSA) is 82.1 Å². The van der Waals surface area contributed by atoms with Gasteiger partial charge in [0.2, 0.25) is 5.69 Å². The molecule has 0 radical (unpaired) electrons. The molecular formula is C9H13N3O3. The summed E-state index contributed by atoms with van der Waals surface area (Å²) >= 11 is 0. The van der Waals surface area contributed by atoms with Crippen LogP contribution < -0.4 is 0 Å². The third kappa shape index (κ3) is 3.01. The highest BCUT2D eigenvalue weighted by atomic mass is 16.6. The number of aromatic nitrogens is 2. The van der Waals surface area contributed by atoms with E-state index in [0.29, 0.717) is 5.57 Å². The van der Waals surface area contributed by atoms with E-state index in [4.69, 9.17) is 0 Å². The van der Waals surface area contributed by atoms with Crippen molar-refractivity contribution in [1.29, 1.82) is 0 Å². The fourth-order valence-corrected chi connectivity index (χ4v) is 0.744. The van der Waals surface area contributed by atoms with Gasteiger partial charge in [0.1, 0.15) is 5.69 Å². The van der Waals surface area contributed by atoms with Crippen LogP contribution in [-0.4, -0.2) is 15.2 Å². The number of hydrogen-bond donors (Lipinski definition) is 0. The molecule has 0 atom stereocenters. The standard InChI is InChI=1S/C7H7N3O3.C2H6/c1-4(2)6-7(9-13-8-6)5(3)10(11)12;1-2/h1,3H2,2H3;1-2H3. The van der Waals surface area contributed by atoms with Gasteiger partial charge in [0.15, 0.2) is 0 Å². The van der Waals surface area contributed by atoms with Crippen LogP contribution in [0.15, 0.2) is 17.8 Å². The first kappa shape index (κ1) is 13.0. The summed E-state index contributed by atoms with van der Waals surface area (Å²) in [5.41, 5.74) is 0.484. The molecule has 1 heterocycles. The molecule has 1 aromatic rings. The largest absolute Gasteiger partial charge is 0.293 e. The molecule has 0 saturated carbocycles. The molecule has 0 N–H and O–H groups in total. The molecule has 0 unspecified atom stereocenters. The third-order valence-corrected chi connectivity index (χ3v) is 1.39. The smallest absolute Gasteiger partial charge is 0.258 e. The van der Waals surface area contributed by atoms with E-state index >= 15 is 0 Å². The lowest BCUT2D eigenvalue weighted by atomic mass is 10.2. The fourth-order valence-electron chi connectivity index (χ4n) is 0.744. The van der Waals surface area contributed by atoms with E-state index in [1.165, 1.54) is 0 Å². The number of hydrogen-bond acceptors (Lipinski definition) is 5. The summed E-state index contributed by atoms with van der Waals surface area (Å²) in [4.78, 5) is 9.69. The van der Waals surface area contributed by atoms with Gasteiger partial charge in [-0.3, -0.25) is 10.1 Å². The van der Waals surface area contributed by atoms with E-state index in [-0.39, 0.29) is 17.1 Å². The lowest BCUT2D eigenvalue weighted by molar-refractivity contribution is -0.375. The van der Waals surface area contributed by atoms with E-state index in [0.717, 1.165) is 0 Å². The first-order valence-electron chi connectivity index (χ1n) is 4.36. The molecule has 82 valence electrons. The average Bonchev–Trinajstić information content (AvgIpc) is 2.68. The Morgan fingerprint density at radius 3 is 2.20 bits per heavy atom. The van der Waals surface area contributed by atoms with Gasteiger partial charge in [0, 0.05) is 0 Å². The van der Waals surface area contributed by atoms with E-state index in [2.05, 4.69) is 28.1 Å². The average molecular weight is 211 g/mol. The summed E-state index contributed by atoms with van der Waals surface area (Å²) in [6, 6.07) is 0. The van der Waals surface area contributed by atoms with Crippen molar-refractivity contribution in [3.8, 4) is 0 Å². The molecule has 0 aliphatic carbocycles. The monoisotopic (exact) mass is 211 g/mol. The van der Waals surface area contributed by atoms with Crippen molar-refractivity contribution >= 4 is 11.3 Å². The first-order valence-corrected chi connectivity index (χ1v) is 4.36. The van der Waals surface area contributed by atoms with Gasteiger partial charge >= 0.3 is 0 Å². The molecule has 0 aliphatic heterocycles. The van der Waals surface area contributed by atoms with Crippen molar-refractivity contribution in [1.82, 2.24) is 10.3 Å². The maximum atomic E-state index is 10.3. The van der Waals surface area contributed by atoms with E-state index in [1.807, 2.05) is 13.8 Å². The summed E-state index contributed by atoms with van der Waals surface area (Å²) in [5.74, 6) is 0. The highest BCUT2D eigenvalue weighted by Gasteiger charge is 2.21. The molecule has 0 spiro atoms. The zero-order chi connectivity index (χ0) is 12.0. The molecule has 0 fully saturated rings. The normalized spacial score (nSPS) is 8.73. The molecule has 6 nitrogen and oxygen atoms in total. The lowest BCUT2D eigenvalue weighted by Gasteiger charge is -1.93. The minimum Gasteiger partial charge on any atom is -0.258 e. The highest BCUT2D eigenvalue weighted by molar-refractivity contribution is 5.68. The predicted molar refractivity (Wildman–Crippen MR) is 56.4 cm³/mol. The second-order valence-corrected chi connectivity index (χ2v) is 2.45. The van der Waals surface area contributed by atoms with Crippen molar-refractivity contribution in [3.05, 3.63) is 34.7 Å². The number of allylic oxidation sites excluding steroid dienone is 1. The van der Waals surface area contributed by atoms with Gasteiger partial charge in [-0.25, -0.2) is 4.63 Å². The zero-order valence-electron chi connectivity index (χ0n) is 8.98. The van der Waals surface area contributed by atoms with Crippen LogP contribution in [0.25, 0.3) is 11.3 Å². The van der Waals surface area contributed by atoms with E-state index < -0.39 is 4.92 Å². The Bertz CT molecular complexity index is 382. The fraction of sp³-hybridized carbons (Fsp3) is 0.333. The molecule has 6 heteroatoms. The van der Waals surface area contributed by atoms with Crippen molar-refractivity contribution in [2.75, 3.05) is 0 Å². The van der Waals surface area contributed by atoms with Crippen LogP contribution in [0.4, 0.5) is 0 Å². The lowest BCUT2D eigenvalue weighted by Crippen LogP contribution is -1.99. The van der Waals surface area contributed by atoms with Crippen LogP contribution in [0.2, 0.25) is 0 Å². The Morgan fingerprint density at radius 2 is 1.80 bits per heavy atom. The van der Waals surface area contributed by atoms with Crippen molar-refractivity contribution in [2.24, 2.45) is 0 Å². The first-order chi connectivity index (χ1) is 7.04. The molecule has 15 heavy (non-hydrogen) atoms. The van der Waals surface area contributed by atoms with Crippen LogP contribution in [0.3, 0.4) is 0 Å². The van der Waals surface area contributed by atoms with E-state index in [9.17, 15) is 10.1 Å². The summed E-state index contributed by atoms with van der Waals surface area (Å²) < 4.78 is 4.35. The molecule has 0 bridgehead atoms. The molecule has 0 aromatic carbocycles. The van der Waals surface area contributed by atoms with Gasteiger partial charge in [-0.15, -0.1) is 0 Å². The summed E-state index contributed by atoms with van der Waals surface area (Å²) in [7, 11) is 0. The quantitative estimate of drug-likeness (QED) is 0.566. The van der Waals surface area contributed by atoms with Crippen molar-refractivity contribution in [3.63, 3.8) is 0 Å². The van der Waals surface area contributed by atoms with Gasteiger partial charge in [-0.1, -0.05) is 20.4 Å². The van der Waals surface area contributed by atoms with Crippen LogP contribution >= 0.6 is 0 Å². The third-order valence-electron chi connectivity index (χ3n) is 1.39. The minimum atomic E-state index is -0.647. The minimum absolute atomic E-state index is 0.0255. The van der Waals surface area contributed by atoms with E-state index in [1.54, 1.807) is 6.92 Å². The number of nitrogens with zero attached hydrogens (tertiary/aromatic N) is 3. The molecule has 1 rings (SSSR count). The Labute approximate surface area is 87.4 Å². The predicted octanol–water partition coefficient (Wildman–Crippen LogP) is 2.38. The Hall–Kier alpha value is -1.98. The summed E-state index contributed by atoms with van der Waals surface area (Å²) in [6.45, 7) is 12.5. The Balaban J connectivity index is 0.000000921. The maximum absolute atomic E-state index is 10.3. The van der Waals surface area contributed by atoms with Gasteiger partial charge in [0.05, 0.1) is 4.92 Å². The highest BCUT2D eigenvalue weighted by Crippen LogP contribution is 2.19. The maximum Gasteiger partial charge on any atom is 0.293 e. The zero-order valence-corrected chi connectivity index (χ0v) is 8.98. The van der Waals surface area contributed by atoms with Gasteiger partial charge in [-0.2, -0.15) is 0 Å². The van der Waals surface area contributed by atoms with Crippen LogP contribution in [-0.2, 0) is 0 Å². The van der Waals surface area contributed by atoms with Crippen molar-refractivity contribution in [2.45, 2.75) is 20.8 Å². The molecular weight excluding hydrogens is 198 g/mol. The molecule has 1 aromatic heterocycles. The number of nitro groups is 1. The Morgan fingerprint density at radius 1 is 1.33 bits per heavy atom. The van der Waals surface area contributed by atoms with Crippen LogP contribution in [0.5, 0.6) is 0 Å². The van der Waals surface area contributed by atoms with Crippen molar-refractivity contribution < 1.29 is 9.55 Å². The van der Waals surface area contributed by atoms with Crippen LogP contribution in [0.1, 0.15) is 32.2 Å². The molecule has 0 saturated heterocycles. The van der Waals surface area contributed by atoms with Gasteiger partial charge in [-0.05, 0) is 29.4 Å². The summed E-state index contributed by atoms with van der Waals surface area (Å²) in [6.07, 6.45) is 0. The van der Waals surface area contributed by atoms with Gasteiger partial charge in [0.25, 0.3) is 5.70 Å².